The molecule has 2 rings (SSSR count). The van der Waals surface area contributed by atoms with Gasteiger partial charge in [0.05, 0.1) is 6.54 Å². The quantitative estimate of drug-likeness (QED) is 0.858. The van der Waals surface area contributed by atoms with Crippen LogP contribution in [0.2, 0.25) is 0 Å². The monoisotopic (exact) mass is 265 g/mol. The van der Waals surface area contributed by atoms with Gasteiger partial charge >= 0.3 is 0 Å². The number of nitrogens with zero attached hydrogens (tertiary/aromatic N) is 1. The average Bonchev–Trinajstić information content (AvgIpc) is 2.85. The Kier molecular flexibility index (Phi) is 3.87. The first-order valence-corrected chi connectivity index (χ1v) is 6.55. The molecule has 0 aromatic carbocycles. The minimum atomic E-state index is -0.663. The molecule has 1 aliphatic rings. The highest BCUT2D eigenvalue weighted by atomic mass is 16.5. The van der Waals surface area contributed by atoms with Crippen molar-refractivity contribution in [2.24, 2.45) is 11.1 Å². The SMILES string of the molecule is CC1(C(=O)NCc2cc(C(N)=O)on2)CCCCC1. The Hall–Kier alpha value is -1.85. The van der Waals surface area contributed by atoms with Crippen LogP contribution in [0, 0.1) is 5.41 Å². The van der Waals surface area contributed by atoms with Crippen molar-refractivity contribution in [3.05, 3.63) is 17.5 Å². The first-order chi connectivity index (χ1) is 9.01. The van der Waals surface area contributed by atoms with E-state index in [2.05, 4.69) is 10.5 Å². The third-order valence-corrected chi connectivity index (χ3v) is 3.74. The lowest BCUT2D eigenvalue weighted by atomic mass is 9.75. The van der Waals surface area contributed by atoms with Gasteiger partial charge in [0.15, 0.2) is 0 Å². The van der Waals surface area contributed by atoms with E-state index in [1.54, 1.807) is 0 Å². The molecule has 0 radical (unpaired) electrons. The maximum atomic E-state index is 12.2. The number of aromatic nitrogens is 1. The third-order valence-electron chi connectivity index (χ3n) is 3.74. The van der Waals surface area contributed by atoms with E-state index in [0.717, 1.165) is 25.7 Å². The molecule has 0 saturated heterocycles. The number of carbonyl (C=O) groups is 2. The van der Waals surface area contributed by atoms with Crippen molar-refractivity contribution >= 4 is 11.8 Å². The van der Waals surface area contributed by atoms with Gasteiger partial charge in [0.2, 0.25) is 11.7 Å². The van der Waals surface area contributed by atoms with E-state index >= 15 is 0 Å². The van der Waals surface area contributed by atoms with E-state index in [1.807, 2.05) is 6.92 Å². The first kappa shape index (κ1) is 13.6. The zero-order chi connectivity index (χ0) is 13.9. The molecule has 0 atom stereocenters. The van der Waals surface area contributed by atoms with Crippen LogP contribution < -0.4 is 11.1 Å². The minimum absolute atomic E-state index is 0.00753. The van der Waals surface area contributed by atoms with E-state index < -0.39 is 5.91 Å². The van der Waals surface area contributed by atoms with Gasteiger partial charge in [-0.25, -0.2) is 0 Å². The van der Waals surface area contributed by atoms with Crippen LogP contribution in [0.1, 0.15) is 55.3 Å². The van der Waals surface area contributed by atoms with Gasteiger partial charge in [0, 0.05) is 11.5 Å². The van der Waals surface area contributed by atoms with Crippen molar-refractivity contribution in [1.82, 2.24) is 10.5 Å². The lowest BCUT2D eigenvalue weighted by molar-refractivity contribution is -0.132. The van der Waals surface area contributed by atoms with Crippen LogP contribution in [-0.2, 0) is 11.3 Å². The molecule has 19 heavy (non-hydrogen) atoms. The molecule has 0 bridgehead atoms. The lowest BCUT2D eigenvalue weighted by Gasteiger charge is -2.31. The topological polar surface area (TPSA) is 98.2 Å². The normalized spacial score (nSPS) is 17.9. The van der Waals surface area contributed by atoms with Gasteiger partial charge in [0.25, 0.3) is 5.91 Å². The second-order valence-electron chi connectivity index (χ2n) is 5.35. The highest BCUT2D eigenvalue weighted by Gasteiger charge is 2.34. The van der Waals surface area contributed by atoms with Crippen LogP contribution in [0.3, 0.4) is 0 Å². The summed E-state index contributed by atoms with van der Waals surface area (Å²) in [5.74, 6) is -0.617. The highest BCUT2D eigenvalue weighted by Crippen LogP contribution is 2.35. The number of primary amides is 1. The molecule has 6 nitrogen and oxygen atoms in total. The Morgan fingerprint density at radius 3 is 2.68 bits per heavy atom. The van der Waals surface area contributed by atoms with Crippen LogP contribution in [-0.4, -0.2) is 17.0 Å². The Bertz CT molecular complexity index is 475. The van der Waals surface area contributed by atoms with Crippen molar-refractivity contribution < 1.29 is 14.1 Å². The van der Waals surface area contributed by atoms with E-state index in [4.69, 9.17) is 10.3 Å². The fraction of sp³-hybridized carbons (Fsp3) is 0.615. The summed E-state index contributed by atoms with van der Waals surface area (Å²) in [6, 6.07) is 1.45. The Labute approximate surface area is 111 Å². The van der Waals surface area contributed by atoms with Gasteiger partial charge in [-0.3, -0.25) is 9.59 Å². The lowest BCUT2D eigenvalue weighted by Crippen LogP contribution is -2.39. The fourth-order valence-electron chi connectivity index (χ4n) is 2.45. The minimum Gasteiger partial charge on any atom is -0.363 e. The van der Waals surface area contributed by atoms with Gasteiger partial charge in [-0.15, -0.1) is 0 Å². The van der Waals surface area contributed by atoms with Crippen molar-refractivity contribution in [1.29, 1.82) is 0 Å². The maximum Gasteiger partial charge on any atom is 0.287 e. The first-order valence-electron chi connectivity index (χ1n) is 6.55. The van der Waals surface area contributed by atoms with Crippen LogP contribution >= 0.6 is 0 Å². The molecule has 0 unspecified atom stereocenters. The second-order valence-corrected chi connectivity index (χ2v) is 5.35. The fourth-order valence-corrected chi connectivity index (χ4v) is 2.45. The molecule has 3 N–H and O–H groups in total. The smallest absolute Gasteiger partial charge is 0.287 e. The average molecular weight is 265 g/mol. The maximum absolute atomic E-state index is 12.2. The summed E-state index contributed by atoms with van der Waals surface area (Å²) >= 11 is 0. The molecular weight excluding hydrogens is 246 g/mol. The number of rotatable bonds is 4. The molecule has 1 heterocycles. The number of carbonyl (C=O) groups excluding carboxylic acids is 2. The van der Waals surface area contributed by atoms with Gasteiger partial charge in [-0.05, 0) is 12.8 Å². The molecule has 1 aromatic rings. The summed E-state index contributed by atoms with van der Waals surface area (Å²) in [6.07, 6.45) is 5.24. The van der Waals surface area contributed by atoms with E-state index in [9.17, 15) is 9.59 Å². The largest absolute Gasteiger partial charge is 0.363 e. The number of nitrogens with two attached hydrogens (primary N) is 1. The van der Waals surface area contributed by atoms with Gasteiger partial charge < -0.3 is 15.6 Å². The van der Waals surface area contributed by atoms with Crippen LogP contribution in [0.25, 0.3) is 0 Å². The zero-order valence-electron chi connectivity index (χ0n) is 11.1. The van der Waals surface area contributed by atoms with Crippen LogP contribution in [0.4, 0.5) is 0 Å². The van der Waals surface area contributed by atoms with Crippen molar-refractivity contribution in [3.63, 3.8) is 0 Å². The molecule has 2 amide bonds. The van der Waals surface area contributed by atoms with Gasteiger partial charge in [-0.2, -0.15) is 0 Å². The van der Waals surface area contributed by atoms with E-state index in [1.165, 1.54) is 12.5 Å². The number of hydrogen-bond acceptors (Lipinski definition) is 4. The summed E-state index contributed by atoms with van der Waals surface area (Å²) in [4.78, 5) is 23.0. The Morgan fingerprint density at radius 1 is 1.42 bits per heavy atom. The predicted octanol–water partition coefficient (Wildman–Crippen LogP) is 1.36. The van der Waals surface area contributed by atoms with Gasteiger partial charge in [0.1, 0.15) is 5.69 Å². The zero-order valence-corrected chi connectivity index (χ0v) is 11.1. The van der Waals surface area contributed by atoms with Gasteiger partial charge in [-0.1, -0.05) is 31.3 Å². The number of hydrogen-bond donors (Lipinski definition) is 2. The van der Waals surface area contributed by atoms with E-state index in [0.29, 0.717) is 5.69 Å². The molecule has 6 heteroatoms. The molecule has 1 aliphatic carbocycles. The summed E-state index contributed by atoms with van der Waals surface area (Å²) in [6.45, 7) is 2.25. The summed E-state index contributed by atoms with van der Waals surface area (Å²) in [5.41, 5.74) is 5.28. The van der Waals surface area contributed by atoms with Crippen LogP contribution in [0.15, 0.2) is 10.6 Å². The summed E-state index contributed by atoms with van der Waals surface area (Å²) in [5, 5.41) is 6.53. The summed E-state index contributed by atoms with van der Waals surface area (Å²) in [7, 11) is 0. The molecule has 1 aromatic heterocycles. The van der Waals surface area contributed by atoms with Crippen LogP contribution in [0.5, 0.6) is 0 Å². The van der Waals surface area contributed by atoms with E-state index in [-0.39, 0.29) is 23.6 Å². The Morgan fingerprint density at radius 2 is 2.11 bits per heavy atom. The highest BCUT2D eigenvalue weighted by molar-refractivity contribution is 5.89. The van der Waals surface area contributed by atoms with Crippen molar-refractivity contribution in [3.8, 4) is 0 Å². The van der Waals surface area contributed by atoms with Crippen molar-refractivity contribution in [2.45, 2.75) is 45.6 Å². The molecule has 0 aliphatic heterocycles. The number of amides is 2. The standard InChI is InChI=1S/C13H19N3O3/c1-13(5-3-2-4-6-13)12(18)15-8-9-7-10(11(14)17)19-16-9/h7H,2-6,8H2,1H3,(H2,14,17)(H,15,18). The third kappa shape index (κ3) is 3.13. The second kappa shape index (κ2) is 5.42. The predicted molar refractivity (Wildman–Crippen MR) is 68.1 cm³/mol. The Balaban J connectivity index is 1.90. The molecule has 1 saturated carbocycles. The molecule has 0 spiro atoms. The molecule has 1 fully saturated rings. The molecular formula is C13H19N3O3. The van der Waals surface area contributed by atoms with Crippen molar-refractivity contribution in [2.75, 3.05) is 0 Å². The molecule has 104 valence electrons. The number of nitrogens with one attached hydrogen (secondary N) is 1. The summed E-state index contributed by atoms with van der Waals surface area (Å²) < 4.78 is 4.75.